The lowest BCUT2D eigenvalue weighted by atomic mass is 10.2. The highest BCUT2D eigenvalue weighted by atomic mass is 16.5. The topological polar surface area (TPSA) is 70.1 Å². The lowest BCUT2D eigenvalue weighted by molar-refractivity contribution is -0.141. The van der Waals surface area contributed by atoms with Crippen LogP contribution in [0.25, 0.3) is 0 Å². The molecule has 6 nitrogen and oxygen atoms in total. The molecule has 0 spiro atoms. The first kappa shape index (κ1) is 14.1. The van der Waals surface area contributed by atoms with Gasteiger partial charge in [0.1, 0.15) is 6.04 Å². The first-order chi connectivity index (χ1) is 9.09. The molecule has 1 saturated carbocycles. The van der Waals surface area contributed by atoms with Crippen LogP contribution >= 0.6 is 0 Å². The van der Waals surface area contributed by atoms with E-state index in [4.69, 9.17) is 9.84 Å². The molecule has 6 heteroatoms. The average Bonchev–Trinajstić information content (AvgIpc) is 3.06. The second-order valence-corrected chi connectivity index (χ2v) is 5.41. The summed E-state index contributed by atoms with van der Waals surface area (Å²) in [5.41, 5.74) is 0. The summed E-state index contributed by atoms with van der Waals surface area (Å²) >= 11 is 0. The summed E-state index contributed by atoms with van der Waals surface area (Å²) in [5.74, 6) is -0.194. The highest BCUT2D eigenvalue weighted by molar-refractivity contribution is 5.83. The van der Waals surface area contributed by atoms with Crippen LogP contribution in [0, 0.1) is 5.92 Å². The van der Waals surface area contributed by atoms with Crippen LogP contribution in [-0.2, 0) is 9.53 Å². The van der Waals surface area contributed by atoms with Crippen molar-refractivity contribution in [3.8, 4) is 0 Å². The molecule has 1 aliphatic heterocycles. The van der Waals surface area contributed by atoms with Crippen molar-refractivity contribution in [2.24, 2.45) is 5.92 Å². The Morgan fingerprint density at radius 3 is 2.74 bits per heavy atom. The third-order valence-electron chi connectivity index (χ3n) is 3.73. The standard InChI is InChI=1S/C13H22N2O4/c1-14(7-8-19-9-10-4-5-10)13(18)15-6-2-3-11(15)12(16)17/h10-11H,2-9H2,1H3,(H,16,17)/t11-/m1/s1. The van der Waals surface area contributed by atoms with Crippen LogP contribution in [0.3, 0.4) is 0 Å². The van der Waals surface area contributed by atoms with Gasteiger partial charge in [0.25, 0.3) is 0 Å². The van der Waals surface area contributed by atoms with E-state index in [-0.39, 0.29) is 6.03 Å². The van der Waals surface area contributed by atoms with Gasteiger partial charge in [0.2, 0.25) is 0 Å². The van der Waals surface area contributed by atoms with Crippen LogP contribution in [0.1, 0.15) is 25.7 Å². The number of likely N-dealkylation sites (N-methyl/N-ethyl adjacent to an activating group) is 1. The van der Waals surface area contributed by atoms with Gasteiger partial charge in [-0.05, 0) is 31.6 Å². The van der Waals surface area contributed by atoms with Crippen molar-refractivity contribution in [2.75, 3.05) is 33.4 Å². The number of carboxylic acid groups (broad SMARTS) is 1. The van der Waals surface area contributed by atoms with Crippen LogP contribution in [0.5, 0.6) is 0 Å². The van der Waals surface area contributed by atoms with E-state index in [2.05, 4.69) is 0 Å². The summed E-state index contributed by atoms with van der Waals surface area (Å²) in [6, 6.07) is -0.873. The van der Waals surface area contributed by atoms with Crippen molar-refractivity contribution in [1.82, 2.24) is 9.80 Å². The quantitative estimate of drug-likeness (QED) is 0.731. The van der Waals surface area contributed by atoms with Gasteiger partial charge in [-0.15, -0.1) is 0 Å². The SMILES string of the molecule is CN(CCOCC1CC1)C(=O)N1CCC[C@@H]1C(=O)O. The zero-order chi connectivity index (χ0) is 13.8. The number of amides is 2. The van der Waals surface area contributed by atoms with Gasteiger partial charge < -0.3 is 19.6 Å². The second kappa shape index (κ2) is 6.23. The van der Waals surface area contributed by atoms with Crippen LogP contribution in [0.2, 0.25) is 0 Å². The zero-order valence-corrected chi connectivity index (χ0v) is 11.4. The van der Waals surface area contributed by atoms with Crippen molar-refractivity contribution in [2.45, 2.75) is 31.7 Å². The van der Waals surface area contributed by atoms with Gasteiger partial charge in [-0.3, -0.25) is 0 Å². The normalized spacial score (nSPS) is 22.6. The molecule has 2 fully saturated rings. The fourth-order valence-corrected chi connectivity index (χ4v) is 2.30. The lowest BCUT2D eigenvalue weighted by Gasteiger charge is -2.27. The Bertz CT molecular complexity index is 344. The molecule has 2 rings (SSSR count). The number of rotatable bonds is 6. The maximum atomic E-state index is 12.1. The molecule has 0 aromatic rings. The molecular weight excluding hydrogens is 248 g/mol. The largest absolute Gasteiger partial charge is 0.480 e. The Labute approximate surface area is 113 Å². The third-order valence-corrected chi connectivity index (χ3v) is 3.73. The number of urea groups is 1. The Kier molecular flexibility index (Phi) is 4.63. The van der Waals surface area contributed by atoms with E-state index in [0.29, 0.717) is 26.1 Å². The van der Waals surface area contributed by atoms with Gasteiger partial charge in [-0.1, -0.05) is 0 Å². The summed E-state index contributed by atoms with van der Waals surface area (Å²) in [5, 5.41) is 9.06. The van der Waals surface area contributed by atoms with Gasteiger partial charge in [0, 0.05) is 26.7 Å². The number of carbonyl (C=O) groups excluding carboxylic acids is 1. The Balaban J connectivity index is 1.72. The molecule has 1 atom stereocenters. The van der Waals surface area contributed by atoms with Crippen molar-refractivity contribution >= 4 is 12.0 Å². The van der Waals surface area contributed by atoms with Crippen molar-refractivity contribution in [1.29, 1.82) is 0 Å². The molecule has 1 aliphatic carbocycles. The molecule has 0 bridgehead atoms. The maximum Gasteiger partial charge on any atom is 0.326 e. The predicted molar refractivity (Wildman–Crippen MR) is 68.9 cm³/mol. The monoisotopic (exact) mass is 270 g/mol. The van der Waals surface area contributed by atoms with Crippen LogP contribution in [0.15, 0.2) is 0 Å². The van der Waals surface area contributed by atoms with Crippen LogP contribution < -0.4 is 0 Å². The average molecular weight is 270 g/mol. The molecule has 1 saturated heterocycles. The molecular formula is C13H22N2O4. The fraction of sp³-hybridized carbons (Fsp3) is 0.846. The van der Waals surface area contributed by atoms with Crippen molar-refractivity contribution < 1.29 is 19.4 Å². The molecule has 108 valence electrons. The van der Waals surface area contributed by atoms with E-state index < -0.39 is 12.0 Å². The third kappa shape index (κ3) is 3.83. The van der Waals surface area contributed by atoms with Gasteiger partial charge >= 0.3 is 12.0 Å². The molecule has 0 aromatic heterocycles. The second-order valence-electron chi connectivity index (χ2n) is 5.41. The Morgan fingerprint density at radius 1 is 1.37 bits per heavy atom. The Hall–Kier alpha value is -1.30. The van der Waals surface area contributed by atoms with Gasteiger partial charge in [0.15, 0.2) is 0 Å². The summed E-state index contributed by atoms with van der Waals surface area (Å²) < 4.78 is 5.49. The lowest BCUT2D eigenvalue weighted by Crippen LogP contribution is -2.47. The van der Waals surface area contributed by atoms with E-state index in [9.17, 15) is 9.59 Å². The van der Waals surface area contributed by atoms with E-state index in [1.807, 2.05) is 0 Å². The fourth-order valence-electron chi connectivity index (χ4n) is 2.30. The Morgan fingerprint density at radius 2 is 2.11 bits per heavy atom. The number of aliphatic carboxylic acids is 1. The highest BCUT2D eigenvalue weighted by Crippen LogP contribution is 2.28. The van der Waals surface area contributed by atoms with Crippen molar-refractivity contribution in [3.05, 3.63) is 0 Å². The van der Waals surface area contributed by atoms with E-state index in [0.717, 1.165) is 18.9 Å². The summed E-state index contributed by atoms with van der Waals surface area (Å²) in [4.78, 5) is 26.2. The van der Waals surface area contributed by atoms with Crippen LogP contribution in [-0.4, -0.2) is 66.3 Å². The number of hydrogen-bond acceptors (Lipinski definition) is 3. The minimum absolute atomic E-state index is 0.208. The number of ether oxygens (including phenoxy) is 1. The molecule has 1 heterocycles. The van der Waals surface area contributed by atoms with E-state index in [1.165, 1.54) is 17.7 Å². The number of carboxylic acids is 1. The first-order valence-electron chi connectivity index (χ1n) is 6.92. The van der Waals surface area contributed by atoms with Gasteiger partial charge in [-0.25, -0.2) is 9.59 Å². The number of hydrogen-bond donors (Lipinski definition) is 1. The summed E-state index contributed by atoms with van der Waals surface area (Å²) in [6.45, 7) is 2.34. The minimum Gasteiger partial charge on any atom is -0.480 e. The molecule has 19 heavy (non-hydrogen) atoms. The van der Waals surface area contributed by atoms with Gasteiger partial charge in [-0.2, -0.15) is 0 Å². The first-order valence-corrected chi connectivity index (χ1v) is 6.92. The molecule has 2 aliphatic rings. The highest BCUT2D eigenvalue weighted by Gasteiger charge is 2.35. The number of nitrogens with zero attached hydrogens (tertiary/aromatic N) is 2. The smallest absolute Gasteiger partial charge is 0.326 e. The van der Waals surface area contributed by atoms with Crippen LogP contribution in [0.4, 0.5) is 4.79 Å². The zero-order valence-electron chi connectivity index (χ0n) is 11.4. The molecule has 0 radical (unpaired) electrons. The number of carbonyl (C=O) groups is 2. The predicted octanol–water partition coefficient (Wildman–Crippen LogP) is 1.01. The van der Waals surface area contributed by atoms with Gasteiger partial charge in [0.05, 0.1) is 6.61 Å². The summed E-state index contributed by atoms with van der Waals surface area (Å²) in [7, 11) is 1.69. The summed E-state index contributed by atoms with van der Waals surface area (Å²) in [6.07, 6.45) is 3.81. The molecule has 2 amide bonds. The molecule has 0 aromatic carbocycles. The maximum absolute atomic E-state index is 12.1. The number of likely N-dealkylation sites (tertiary alicyclic amines) is 1. The van der Waals surface area contributed by atoms with Crippen molar-refractivity contribution in [3.63, 3.8) is 0 Å². The van der Waals surface area contributed by atoms with E-state index >= 15 is 0 Å². The molecule has 0 unspecified atom stereocenters. The molecule has 1 N–H and O–H groups in total. The van der Waals surface area contributed by atoms with E-state index in [1.54, 1.807) is 11.9 Å². The minimum atomic E-state index is -0.913.